The number of rotatable bonds is 6. The Balaban J connectivity index is 2.16. The highest BCUT2D eigenvalue weighted by Crippen LogP contribution is 2.20. The van der Waals surface area contributed by atoms with Gasteiger partial charge in [-0.15, -0.1) is 0 Å². The minimum Gasteiger partial charge on any atom is -0.385 e. The van der Waals surface area contributed by atoms with Crippen LogP contribution in [0.25, 0.3) is 0 Å². The zero-order valence-electron chi connectivity index (χ0n) is 12.3. The molecule has 0 saturated heterocycles. The lowest BCUT2D eigenvalue weighted by molar-refractivity contribution is 0.600. The molecule has 0 fully saturated rings. The van der Waals surface area contributed by atoms with Crippen LogP contribution in [0.5, 0.6) is 0 Å². The van der Waals surface area contributed by atoms with Crippen LogP contribution in [0.15, 0.2) is 53.4 Å². The van der Waals surface area contributed by atoms with E-state index in [9.17, 15) is 8.42 Å². The Morgan fingerprint density at radius 2 is 1.57 bits per heavy atom. The SMILES string of the molecule is CCCNc1ccc(NS(=O)(=O)c2ccccc2C)cc1. The highest BCUT2D eigenvalue weighted by Gasteiger charge is 2.16. The molecule has 2 aromatic carbocycles. The number of sulfonamides is 1. The van der Waals surface area contributed by atoms with Crippen LogP contribution in [0, 0.1) is 6.92 Å². The number of aryl methyl sites for hydroxylation is 1. The van der Waals surface area contributed by atoms with Crippen LogP contribution in [0.3, 0.4) is 0 Å². The molecule has 0 saturated carbocycles. The Morgan fingerprint density at radius 3 is 2.19 bits per heavy atom. The Hall–Kier alpha value is -2.01. The molecule has 0 aliphatic heterocycles. The van der Waals surface area contributed by atoms with Crippen LogP contribution in [0.2, 0.25) is 0 Å². The third kappa shape index (κ3) is 3.98. The second-order valence-corrected chi connectivity index (χ2v) is 6.53. The van der Waals surface area contributed by atoms with E-state index in [1.807, 2.05) is 18.2 Å². The van der Waals surface area contributed by atoms with Crippen LogP contribution in [0.4, 0.5) is 11.4 Å². The van der Waals surface area contributed by atoms with Gasteiger partial charge < -0.3 is 5.32 Å². The van der Waals surface area contributed by atoms with Crippen LogP contribution >= 0.6 is 0 Å². The van der Waals surface area contributed by atoms with Crippen molar-refractivity contribution in [3.8, 4) is 0 Å². The molecular formula is C16H20N2O2S. The van der Waals surface area contributed by atoms with E-state index in [4.69, 9.17) is 0 Å². The average molecular weight is 304 g/mol. The van der Waals surface area contributed by atoms with Gasteiger partial charge in [0.1, 0.15) is 0 Å². The normalized spacial score (nSPS) is 11.1. The molecular weight excluding hydrogens is 284 g/mol. The van der Waals surface area contributed by atoms with Gasteiger partial charge in [-0.25, -0.2) is 8.42 Å². The largest absolute Gasteiger partial charge is 0.385 e. The predicted octanol–water partition coefficient (Wildman–Crippen LogP) is 3.62. The van der Waals surface area contributed by atoms with E-state index in [0.717, 1.165) is 24.2 Å². The van der Waals surface area contributed by atoms with Gasteiger partial charge in [0, 0.05) is 17.9 Å². The van der Waals surface area contributed by atoms with Crippen LogP contribution < -0.4 is 10.0 Å². The standard InChI is InChI=1S/C16H20N2O2S/c1-3-12-17-14-8-10-15(11-9-14)18-21(19,20)16-7-5-4-6-13(16)2/h4-11,17-18H,3,12H2,1-2H3. The van der Waals surface area contributed by atoms with Crippen molar-refractivity contribution >= 4 is 21.4 Å². The highest BCUT2D eigenvalue weighted by molar-refractivity contribution is 7.92. The summed E-state index contributed by atoms with van der Waals surface area (Å²) in [5.74, 6) is 0. The molecule has 0 atom stereocenters. The van der Waals surface area contributed by atoms with Crippen molar-refractivity contribution in [1.29, 1.82) is 0 Å². The second-order valence-electron chi connectivity index (χ2n) is 4.88. The summed E-state index contributed by atoms with van der Waals surface area (Å²) in [7, 11) is -3.54. The molecule has 5 heteroatoms. The number of nitrogens with one attached hydrogen (secondary N) is 2. The van der Waals surface area contributed by atoms with E-state index in [1.54, 1.807) is 37.3 Å². The summed E-state index contributed by atoms with van der Waals surface area (Å²) in [6.45, 7) is 4.78. The number of hydrogen-bond donors (Lipinski definition) is 2. The molecule has 2 rings (SSSR count). The lowest BCUT2D eigenvalue weighted by Gasteiger charge is -2.11. The number of anilines is 2. The van der Waals surface area contributed by atoms with Crippen LogP contribution in [-0.4, -0.2) is 15.0 Å². The Morgan fingerprint density at radius 1 is 0.952 bits per heavy atom. The van der Waals surface area contributed by atoms with Crippen molar-refractivity contribution in [3.63, 3.8) is 0 Å². The summed E-state index contributed by atoms with van der Waals surface area (Å²) in [6.07, 6.45) is 1.04. The Kier molecular flexibility index (Phi) is 4.85. The summed E-state index contributed by atoms with van der Waals surface area (Å²) in [5.41, 5.74) is 2.27. The quantitative estimate of drug-likeness (QED) is 0.857. The monoisotopic (exact) mass is 304 g/mol. The predicted molar refractivity (Wildman–Crippen MR) is 87.2 cm³/mol. The minimum atomic E-state index is -3.54. The van der Waals surface area contributed by atoms with Crippen molar-refractivity contribution in [3.05, 3.63) is 54.1 Å². The third-order valence-electron chi connectivity index (χ3n) is 3.10. The minimum absolute atomic E-state index is 0.304. The molecule has 0 aliphatic rings. The number of benzene rings is 2. The molecule has 0 aromatic heterocycles. The molecule has 0 amide bonds. The van der Waals surface area contributed by atoms with Gasteiger partial charge in [0.25, 0.3) is 10.0 Å². The lowest BCUT2D eigenvalue weighted by atomic mass is 10.2. The van der Waals surface area contributed by atoms with E-state index in [-0.39, 0.29) is 0 Å². The highest BCUT2D eigenvalue weighted by atomic mass is 32.2. The summed E-state index contributed by atoms with van der Waals surface area (Å²) in [5, 5.41) is 3.25. The molecule has 0 bridgehead atoms. The zero-order chi connectivity index (χ0) is 15.3. The topological polar surface area (TPSA) is 58.2 Å². The van der Waals surface area contributed by atoms with E-state index >= 15 is 0 Å². The van der Waals surface area contributed by atoms with Crippen molar-refractivity contribution in [1.82, 2.24) is 0 Å². The average Bonchev–Trinajstić information content (AvgIpc) is 2.46. The van der Waals surface area contributed by atoms with Gasteiger partial charge in [-0.1, -0.05) is 25.1 Å². The molecule has 0 spiro atoms. The molecule has 21 heavy (non-hydrogen) atoms. The first-order chi connectivity index (χ1) is 10.0. The molecule has 112 valence electrons. The summed E-state index contributed by atoms with van der Waals surface area (Å²) in [4.78, 5) is 0.304. The first-order valence-corrected chi connectivity index (χ1v) is 8.43. The van der Waals surface area contributed by atoms with Gasteiger partial charge in [-0.2, -0.15) is 0 Å². The zero-order valence-corrected chi connectivity index (χ0v) is 13.1. The molecule has 0 aliphatic carbocycles. The first kappa shape index (κ1) is 15.4. The lowest BCUT2D eigenvalue weighted by Crippen LogP contribution is -2.14. The first-order valence-electron chi connectivity index (χ1n) is 6.95. The summed E-state index contributed by atoms with van der Waals surface area (Å²) in [6, 6.07) is 14.2. The van der Waals surface area contributed by atoms with E-state index in [2.05, 4.69) is 17.0 Å². The fourth-order valence-electron chi connectivity index (χ4n) is 1.99. The maximum absolute atomic E-state index is 12.4. The van der Waals surface area contributed by atoms with Gasteiger partial charge in [-0.05, 0) is 49.2 Å². The second kappa shape index (κ2) is 6.63. The maximum atomic E-state index is 12.4. The van der Waals surface area contributed by atoms with Gasteiger partial charge >= 0.3 is 0 Å². The number of hydrogen-bond acceptors (Lipinski definition) is 3. The van der Waals surface area contributed by atoms with Gasteiger partial charge in [0.2, 0.25) is 0 Å². The van der Waals surface area contributed by atoms with Gasteiger partial charge in [0.15, 0.2) is 0 Å². The molecule has 0 radical (unpaired) electrons. The molecule has 0 heterocycles. The third-order valence-corrected chi connectivity index (χ3v) is 4.64. The fraction of sp³-hybridized carbons (Fsp3) is 0.250. The fourth-order valence-corrected chi connectivity index (χ4v) is 3.30. The van der Waals surface area contributed by atoms with Gasteiger partial charge in [-0.3, -0.25) is 4.72 Å². The van der Waals surface area contributed by atoms with E-state index < -0.39 is 10.0 Å². The molecule has 2 aromatic rings. The van der Waals surface area contributed by atoms with Crippen LogP contribution in [-0.2, 0) is 10.0 Å². The molecule has 2 N–H and O–H groups in total. The van der Waals surface area contributed by atoms with Crippen molar-refractivity contribution < 1.29 is 8.42 Å². The van der Waals surface area contributed by atoms with Crippen molar-refractivity contribution in [2.75, 3.05) is 16.6 Å². The smallest absolute Gasteiger partial charge is 0.262 e. The Labute approximate surface area is 126 Å². The Bertz CT molecular complexity index is 694. The van der Waals surface area contributed by atoms with Crippen molar-refractivity contribution in [2.45, 2.75) is 25.2 Å². The van der Waals surface area contributed by atoms with E-state index in [0.29, 0.717) is 10.6 Å². The summed E-state index contributed by atoms with van der Waals surface area (Å²) < 4.78 is 27.3. The van der Waals surface area contributed by atoms with E-state index in [1.165, 1.54) is 0 Å². The molecule has 4 nitrogen and oxygen atoms in total. The van der Waals surface area contributed by atoms with Crippen molar-refractivity contribution in [2.24, 2.45) is 0 Å². The van der Waals surface area contributed by atoms with Gasteiger partial charge in [0.05, 0.1) is 4.90 Å². The van der Waals surface area contributed by atoms with Crippen LogP contribution in [0.1, 0.15) is 18.9 Å². The summed E-state index contributed by atoms with van der Waals surface area (Å²) >= 11 is 0. The molecule has 0 unspecified atom stereocenters. The maximum Gasteiger partial charge on any atom is 0.262 e.